The highest BCUT2D eigenvalue weighted by atomic mass is 15.2. The molecule has 16 N–H and O–H groups in total. The predicted octanol–water partition coefficient (Wildman–Crippen LogP) is -3.35. The summed E-state index contributed by atoms with van der Waals surface area (Å²) in [4.78, 5) is 10.2. The molecule has 0 aromatic carbocycles. The van der Waals surface area contributed by atoms with Crippen molar-refractivity contribution in [1.82, 2.24) is 40.9 Å². The van der Waals surface area contributed by atoms with Crippen molar-refractivity contribution in [2.45, 2.75) is 38.5 Å². The molecule has 0 radical (unpaired) electrons. The number of hydrogen-bond acceptors (Lipinski definition) is 14. The second kappa shape index (κ2) is 37.3. The molecule has 0 aliphatic rings. The Labute approximate surface area is 283 Å². The molecule has 0 aliphatic carbocycles. The van der Waals surface area contributed by atoms with Gasteiger partial charge >= 0.3 is 0 Å². The summed E-state index contributed by atoms with van der Waals surface area (Å²) in [6.45, 7) is 24.2. The second-order valence-electron chi connectivity index (χ2n) is 12.2. The molecule has 0 spiro atoms. The van der Waals surface area contributed by atoms with Gasteiger partial charge in [0, 0.05) is 144 Å². The lowest BCUT2D eigenvalue weighted by Crippen LogP contribution is -2.44. The van der Waals surface area contributed by atoms with Gasteiger partial charge in [-0.05, 0) is 51.9 Å². The third kappa shape index (κ3) is 30.8. The summed E-state index contributed by atoms with van der Waals surface area (Å²) >= 11 is 0. The third-order valence-corrected chi connectivity index (χ3v) is 8.24. The number of hydrogen-bond donors (Lipinski definition) is 10. The molecule has 0 fully saturated rings. The normalized spacial score (nSPS) is 12.1. The summed E-state index contributed by atoms with van der Waals surface area (Å²) in [6, 6.07) is 0. The van der Waals surface area contributed by atoms with E-state index in [1.54, 1.807) is 0 Å². The maximum Gasteiger partial charge on any atom is 0.0110 e. The third-order valence-electron chi connectivity index (χ3n) is 8.24. The van der Waals surface area contributed by atoms with Gasteiger partial charge in [0.1, 0.15) is 0 Å². The van der Waals surface area contributed by atoms with Gasteiger partial charge in [0.15, 0.2) is 0 Å². The van der Waals surface area contributed by atoms with Crippen LogP contribution in [0.5, 0.6) is 0 Å². The van der Waals surface area contributed by atoms with E-state index < -0.39 is 0 Å². The van der Waals surface area contributed by atoms with Crippen molar-refractivity contribution < 1.29 is 0 Å². The molecule has 46 heavy (non-hydrogen) atoms. The SMILES string of the molecule is NCCCCCN(CCNCCN(CCCCCNCCN)CCN(CCN)CCN)CCN(CCNCCN)CCNCCN. The van der Waals surface area contributed by atoms with Gasteiger partial charge in [0.25, 0.3) is 0 Å². The van der Waals surface area contributed by atoms with Crippen LogP contribution in [0.2, 0.25) is 0 Å². The fourth-order valence-corrected chi connectivity index (χ4v) is 5.45. The maximum absolute atomic E-state index is 5.85. The molecule has 0 saturated heterocycles. The summed E-state index contributed by atoms with van der Waals surface area (Å²) in [5, 5.41) is 14.1. The molecule has 0 heterocycles. The van der Waals surface area contributed by atoms with Crippen LogP contribution >= 0.6 is 0 Å². The van der Waals surface area contributed by atoms with E-state index in [4.69, 9.17) is 34.4 Å². The van der Waals surface area contributed by atoms with Crippen LogP contribution in [0.25, 0.3) is 0 Å². The minimum Gasteiger partial charge on any atom is -0.330 e. The fourth-order valence-electron chi connectivity index (χ4n) is 5.45. The van der Waals surface area contributed by atoms with Gasteiger partial charge in [-0.25, -0.2) is 0 Å². The molecule has 0 atom stereocenters. The molecule has 14 heteroatoms. The van der Waals surface area contributed by atoms with Crippen LogP contribution in [0.4, 0.5) is 0 Å². The molecule has 278 valence electrons. The van der Waals surface area contributed by atoms with E-state index in [1.165, 1.54) is 32.1 Å². The van der Waals surface area contributed by atoms with Crippen molar-refractivity contribution >= 4 is 0 Å². The van der Waals surface area contributed by atoms with E-state index in [-0.39, 0.29) is 0 Å². The zero-order chi connectivity index (χ0) is 33.8. The van der Waals surface area contributed by atoms with Gasteiger partial charge in [-0.3, -0.25) is 9.80 Å². The van der Waals surface area contributed by atoms with Crippen LogP contribution in [0.3, 0.4) is 0 Å². The van der Waals surface area contributed by atoms with E-state index in [0.29, 0.717) is 32.7 Å². The lowest BCUT2D eigenvalue weighted by Gasteiger charge is -2.29. The first-order valence-corrected chi connectivity index (χ1v) is 18.6. The summed E-state index contributed by atoms with van der Waals surface area (Å²) in [5.74, 6) is 0. The van der Waals surface area contributed by atoms with Gasteiger partial charge in [-0.2, -0.15) is 0 Å². The van der Waals surface area contributed by atoms with E-state index in [9.17, 15) is 0 Å². The maximum atomic E-state index is 5.85. The van der Waals surface area contributed by atoms with Crippen molar-refractivity contribution in [3.8, 4) is 0 Å². The Morgan fingerprint density at radius 3 is 0.978 bits per heavy atom. The first-order valence-electron chi connectivity index (χ1n) is 18.6. The van der Waals surface area contributed by atoms with Gasteiger partial charge in [-0.1, -0.05) is 12.8 Å². The van der Waals surface area contributed by atoms with E-state index in [2.05, 4.69) is 40.9 Å². The van der Waals surface area contributed by atoms with Crippen LogP contribution in [0, 0.1) is 0 Å². The molecular formula is C32H80N14. The van der Waals surface area contributed by atoms with Gasteiger partial charge in [0.2, 0.25) is 0 Å². The summed E-state index contributed by atoms with van der Waals surface area (Å²) in [5.41, 5.74) is 34.4. The monoisotopic (exact) mass is 661 g/mol. The highest BCUT2D eigenvalue weighted by molar-refractivity contribution is 4.70. The molecule has 14 nitrogen and oxygen atoms in total. The Morgan fingerprint density at radius 2 is 0.587 bits per heavy atom. The highest BCUT2D eigenvalue weighted by Crippen LogP contribution is 2.01. The minimum absolute atomic E-state index is 0.674. The number of rotatable bonds is 39. The van der Waals surface area contributed by atoms with Crippen LogP contribution in [-0.2, 0) is 0 Å². The summed E-state index contributed by atoms with van der Waals surface area (Å²) in [7, 11) is 0. The zero-order valence-electron chi connectivity index (χ0n) is 29.9. The Bertz CT molecular complexity index is 559. The van der Waals surface area contributed by atoms with Crippen molar-refractivity contribution in [3.05, 3.63) is 0 Å². The van der Waals surface area contributed by atoms with Gasteiger partial charge in [-0.15, -0.1) is 0 Å². The lowest BCUT2D eigenvalue weighted by atomic mass is 10.2. The molecule has 0 aliphatic heterocycles. The minimum atomic E-state index is 0.674. The number of nitrogens with two attached hydrogens (primary N) is 6. The van der Waals surface area contributed by atoms with E-state index in [0.717, 1.165) is 144 Å². The quantitative estimate of drug-likeness (QED) is 0.0292. The standard InChI is InChI=1S/C32H80N14/c33-7-3-1-5-21-43(30-32-46(27-17-40-15-9-35)28-18-41-16-10-36)25-19-42-20-26-44(22-6-2-4-13-39-14-8-34)29-31-45(23-11-37)24-12-38/h39-42H,1-38H2. The van der Waals surface area contributed by atoms with Crippen molar-refractivity contribution in [2.24, 2.45) is 34.4 Å². The van der Waals surface area contributed by atoms with Crippen LogP contribution in [0.15, 0.2) is 0 Å². The first kappa shape index (κ1) is 45.4. The first-order chi connectivity index (χ1) is 22.6. The van der Waals surface area contributed by atoms with Gasteiger partial charge in [0.05, 0.1) is 0 Å². The van der Waals surface area contributed by atoms with E-state index >= 15 is 0 Å². The van der Waals surface area contributed by atoms with Crippen molar-refractivity contribution in [1.29, 1.82) is 0 Å². The van der Waals surface area contributed by atoms with Gasteiger partial charge < -0.3 is 65.5 Å². The topological polar surface area (TPSA) is 217 Å². The summed E-state index contributed by atoms with van der Waals surface area (Å²) in [6.07, 6.45) is 7.15. The average Bonchev–Trinajstić information content (AvgIpc) is 3.06. The Morgan fingerprint density at radius 1 is 0.239 bits per heavy atom. The number of nitrogens with one attached hydrogen (secondary N) is 4. The second-order valence-corrected chi connectivity index (χ2v) is 12.2. The van der Waals surface area contributed by atoms with Crippen molar-refractivity contribution in [2.75, 3.05) is 170 Å². The van der Waals surface area contributed by atoms with Crippen LogP contribution in [0.1, 0.15) is 38.5 Å². The van der Waals surface area contributed by atoms with Crippen LogP contribution < -0.4 is 55.7 Å². The molecule has 0 saturated carbocycles. The average molecular weight is 661 g/mol. The van der Waals surface area contributed by atoms with Crippen LogP contribution in [-0.4, -0.2) is 190 Å². The Hall–Kier alpha value is -0.560. The highest BCUT2D eigenvalue weighted by Gasteiger charge is 2.11. The molecule has 0 unspecified atom stereocenters. The summed E-state index contributed by atoms with van der Waals surface area (Å²) < 4.78 is 0. The molecule has 0 rings (SSSR count). The molecule has 0 amide bonds. The molecule has 0 aromatic heterocycles. The lowest BCUT2D eigenvalue weighted by molar-refractivity contribution is 0.195. The van der Waals surface area contributed by atoms with Crippen molar-refractivity contribution in [3.63, 3.8) is 0 Å². The smallest absolute Gasteiger partial charge is 0.0110 e. The predicted molar refractivity (Wildman–Crippen MR) is 199 cm³/mol. The molecule has 0 aromatic rings. The number of unbranched alkanes of at least 4 members (excludes halogenated alkanes) is 4. The Kier molecular flexibility index (Phi) is 36.8. The number of nitrogens with zero attached hydrogens (tertiary/aromatic N) is 4. The molecule has 0 bridgehead atoms. The fraction of sp³-hybridized carbons (Fsp3) is 1.00. The van der Waals surface area contributed by atoms with E-state index in [1.807, 2.05) is 0 Å². The largest absolute Gasteiger partial charge is 0.330 e. The Balaban J connectivity index is 4.84. The zero-order valence-corrected chi connectivity index (χ0v) is 29.9. The molecular weight excluding hydrogens is 580 g/mol.